The first kappa shape index (κ1) is 12.6. The Bertz CT molecular complexity index is 484. The van der Waals surface area contributed by atoms with Crippen molar-refractivity contribution in [2.75, 3.05) is 6.61 Å². The number of ether oxygens (including phenoxy) is 1. The molecule has 90 valence electrons. The van der Waals surface area contributed by atoms with E-state index in [2.05, 4.69) is 4.74 Å². The van der Waals surface area contributed by atoms with Gasteiger partial charge in [0, 0.05) is 6.07 Å². The van der Waals surface area contributed by atoms with Crippen LogP contribution < -0.4 is 0 Å². The van der Waals surface area contributed by atoms with Gasteiger partial charge in [-0.3, -0.25) is 20.2 Å². The van der Waals surface area contributed by atoms with Crippen LogP contribution in [-0.4, -0.2) is 22.4 Å². The Balaban J connectivity index is 3.27. The minimum absolute atomic E-state index is 0.0625. The maximum Gasteiger partial charge on any atom is 0.345 e. The molecule has 0 fully saturated rings. The van der Waals surface area contributed by atoms with Crippen LogP contribution in [0.2, 0.25) is 0 Å². The first-order valence-corrected chi connectivity index (χ1v) is 4.57. The standard InChI is InChI=1S/C9H8N2O6/c1-2-17-9(12)7-4-3-6(10(13)14)5-8(7)11(15)16/h3-5H,2H2,1H3. The largest absolute Gasteiger partial charge is 0.462 e. The number of hydrogen-bond donors (Lipinski definition) is 0. The lowest BCUT2D eigenvalue weighted by Crippen LogP contribution is -2.08. The second-order valence-electron chi connectivity index (χ2n) is 2.94. The molecule has 17 heavy (non-hydrogen) atoms. The molecule has 0 N–H and O–H groups in total. The number of carbonyl (C=O) groups is 1. The van der Waals surface area contributed by atoms with Crippen molar-refractivity contribution in [1.29, 1.82) is 0 Å². The highest BCUT2D eigenvalue weighted by Crippen LogP contribution is 2.25. The molecule has 0 atom stereocenters. The highest BCUT2D eigenvalue weighted by Gasteiger charge is 2.24. The normalized spacial score (nSPS) is 9.71. The fourth-order valence-corrected chi connectivity index (χ4v) is 1.17. The van der Waals surface area contributed by atoms with Crippen LogP contribution in [0.1, 0.15) is 17.3 Å². The first-order valence-electron chi connectivity index (χ1n) is 4.57. The lowest BCUT2D eigenvalue weighted by molar-refractivity contribution is -0.394. The predicted molar refractivity (Wildman–Crippen MR) is 55.7 cm³/mol. The Morgan fingerprint density at radius 1 is 1.29 bits per heavy atom. The van der Waals surface area contributed by atoms with Gasteiger partial charge in [0.25, 0.3) is 11.4 Å². The van der Waals surface area contributed by atoms with E-state index in [1.807, 2.05) is 0 Å². The lowest BCUT2D eigenvalue weighted by atomic mass is 10.1. The third kappa shape index (κ3) is 2.74. The summed E-state index contributed by atoms with van der Waals surface area (Å²) in [6.45, 7) is 1.61. The van der Waals surface area contributed by atoms with Gasteiger partial charge in [0.15, 0.2) is 0 Å². The van der Waals surface area contributed by atoms with Crippen molar-refractivity contribution in [3.05, 3.63) is 44.0 Å². The van der Waals surface area contributed by atoms with Gasteiger partial charge < -0.3 is 4.74 Å². The molecule has 0 unspecified atom stereocenters. The number of nitro benzene ring substituents is 2. The Kier molecular flexibility index (Phi) is 3.70. The molecule has 1 aromatic rings. The number of nitrogens with zero attached hydrogens (tertiary/aromatic N) is 2. The molecule has 0 aliphatic carbocycles. The molecular weight excluding hydrogens is 232 g/mol. The van der Waals surface area contributed by atoms with Crippen LogP contribution in [0.15, 0.2) is 18.2 Å². The molecular formula is C9H8N2O6. The summed E-state index contributed by atoms with van der Waals surface area (Å²) in [5.41, 5.74) is -1.40. The van der Waals surface area contributed by atoms with Crippen LogP contribution >= 0.6 is 0 Å². The van der Waals surface area contributed by atoms with Gasteiger partial charge in [0.05, 0.1) is 22.5 Å². The van der Waals surface area contributed by atoms with Gasteiger partial charge in [0.1, 0.15) is 5.56 Å². The molecule has 0 aliphatic rings. The zero-order chi connectivity index (χ0) is 13.0. The summed E-state index contributed by atoms with van der Waals surface area (Å²) >= 11 is 0. The number of non-ortho nitro benzene ring substituents is 1. The summed E-state index contributed by atoms with van der Waals surface area (Å²) in [6, 6.07) is 2.75. The van der Waals surface area contributed by atoms with Gasteiger partial charge in [-0.15, -0.1) is 0 Å². The Morgan fingerprint density at radius 3 is 2.41 bits per heavy atom. The SMILES string of the molecule is CCOC(=O)c1ccc([N+](=O)[O-])cc1[N+](=O)[O-]. The Hall–Kier alpha value is -2.51. The lowest BCUT2D eigenvalue weighted by Gasteiger charge is -2.02. The van der Waals surface area contributed by atoms with Crippen molar-refractivity contribution in [3.63, 3.8) is 0 Å². The van der Waals surface area contributed by atoms with Gasteiger partial charge in [-0.2, -0.15) is 0 Å². The minimum Gasteiger partial charge on any atom is -0.462 e. The van der Waals surface area contributed by atoms with E-state index in [0.29, 0.717) is 0 Å². The van der Waals surface area contributed by atoms with Crippen molar-refractivity contribution in [3.8, 4) is 0 Å². The van der Waals surface area contributed by atoms with Crippen molar-refractivity contribution >= 4 is 17.3 Å². The number of nitro groups is 2. The molecule has 1 rings (SSSR count). The van der Waals surface area contributed by atoms with Crippen LogP contribution in [0.25, 0.3) is 0 Å². The number of carbonyl (C=O) groups excluding carboxylic acids is 1. The van der Waals surface area contributed by atoms with Crippen LogP contribution in [0.5, 0.6) is 0 Å². The maximum absolute atomic E-state index is 11.4. The highest BCUT2D eigenvalue weighted by atomic mass is 16.6. The van der Waals surface area contributed by atoms with Gasteiger partial charge in [-0.1, -0.05) is 0 Å². The molecule has 0 aliphatic heterocycles. The Labute approximate surface area is 95.1 Å². The topological polar surface area (TPSA) is 113 Å². The molecule has 0 bridgehead atoms. The fourth-order valence-electron chi connectivity index (χ4n) is 1.17. The van der Waals surface area contributed by atoms with E-state index in [1.165, 1.54) is 0 Å². The molecule has 0 heterocycles. The molecule has 8 heteroatoms. The molecule has 0 saturated carbocycles. The zero-order valence-corrected chi connectivity index (χ0v) is 8.78. The average molecular weight is 240 g/mol. The summed E-state index contributed by atoms with van der Waals surface area (Å²) in [5.74, 6) is -0.880. The van der Waals surface area contributed by atoms with E-state index < -0.39 is 27.2 Å². The number of benzene rings is 1. The van der Waals surface area contributed by atoms with Crippen molar-refractivity contribution < 1.29 is 19.4 Å². The molecule has 1 aromatic carbocycles. The first-order chi connectivity index (χ1) is 7.97. The van der Waals surface area contributed by atoms with E-state index in [0.717, 1.165) is 18.2 Å². The summed E-state index contributed by atoms with van der Waals surface area (Å²) in [5, 5.41) is 21.1. The molecule has 8 nitrogen and oxygen atoms in total. The second kappa shape index (κ2) is 5.01. The molecule has 0 radical (unpaired) electrons. The molecule has 0 amide bonds. The Morgan fingerprint density at radius 2 is 1.94 bits per heavy atom. The molecule has 0 aromatic heterocycles. The minimum atomic E-state index is -0.880. The summed E-state index contributed by atoms with van der Waals surface area (Å²) in [6.07, 6.45) is 0. The zero-order valence-electron chi connectivity index (χ0n) is 8.78. The monoisotopic (exact) mass is 240 g/mol. The quantitative estimate of drug-likeness (QED) is 0.449. The average Bonchev–Trinajstić information content (AvgIpc) is 2.28. The van der Waals surface area contributed by atoms with Gasteiger partial charge in [0.2, 0.25) is 0 Å². The van der Waals surface area contributed by atoms with Gasteiger partial charge >= 0.3 is 5.97 Å². The van der Waals surface area contributed by atoms with Crippen LogP contribution in [0.3, 0.4) is 0 Å². The maximum atomic E-state index is 11.4. The van der Waals surface area contributed by atoms with Gasteiger partial charge in [-0.25, -0.2) is 4.79 Å². The van der Waals surface area contributed by atoms with Gasteiger partial charge in [-0.05, 0) is 13.0 Å². The van der Waals surface area contributed by atoms with Crippen molar-refractivity contribution in [2.24, 2.45) is 0 Å². The van der Waals surface area contributed by atoms with E-state index in [1.54, 1.807) is 6.92 Å². The van der Waals surface area contributed by atoms with Crippen LogP contribution in [-0.2, 0) is 4.74 Å². The summed E-state index contributed by atoms with van der Waals surface area (Å²) in [7, 11) is 0. The third-order valence-corrected chi connectivity index (χ3v) is 1.88. The molecule has 0 saturated heterocycles. The summed E-state index contributed by atoms with van der Waals surface area (Å²) in [4.78, 5) is 30.8. The number of rotatable bonds is 4. The fraction of sp³-hybridized carbons (Fsp3) is 0.222. The van der Waals surface area contributed by atoms with E-state index in [-0.39, 0.29) is 12.2 Å². The van der Waals surface area contributed by atoms with E-state index >= 15 is 0 Å². The van der Waals surface area contributed by atoms with Crippen molar-refractivity contribution in [1.82, 2.24) is 0 Å². The van der Waals surface area contributed by atoms with E-state index in [9.17, 15) is 25.0 Å². The number of esters is 1. The van der Waals surface area contributed by atoms with E-state index in [4.69, 9.17) is 0 Å². The second-order valence-corrected chi connectivity index (χ2v) is 2.94. The summed E-state index contributed by atoms with van der Waals surface area (Å²) < 4.78 is 4.61. The molecule has 0 spiro atoms. The van der Waals surface area contributed by atoms with Crippen LogP contribution in [0.4, 0.5) is 11.4 Å². The predicted octanol–water partition coefficient (Wildman–Crippen LogP) is 1.68. The van der Waals surface area contributed by atoms with Crippen molar-refractivity contribution in [2.45, 2.75) is 6.92 Å². The van der Waals surface area contributed by atoms with Crippen LogP contribution in [0, 0.1) is 20.2 Å². The number of hydrogen-bond acceptors (Lipinski definition) is 6. The smallest absolute Gasteiger partial charge is 0.345 e. The highest BCUT2D eigenvalue weighted by molar-refractivity contribution is 5.94. The third-order valence-electron chi connectivity index (χ3n) is 1.88.